The van der Waals surface area contributed by atoms with Crippen LogP contribution in [0.5, 0.6) is 0 Å². The molecule has 1 spiro atoms. The van der Waals surface area contributed by atoms with Gasteiger partial charge in [-0.3, -0.25) is 9.59 Å². The standard InChI is InChI=1S/C50H60N8O7/c1-10-40(57(26-31(6)27-63-7)46(59)42(29(2)3)55-48(61)64-8)44-51-24-38(53-44)33-13-11-32(12-14-33)34-15-16-36-22-37(18-17-35(36)21-34)39-25-52-45(54-39)41-23-50(19-20-50)28-58(41)47(60)43(30(4)5)56-49(62)65-9/h11-18,21-22,24-25,29-31,41-43H,1,19-20,23,26-28H2,2-9H3,(H,51,53)(H,52,54)(H,55,61)(H,56,62)/t31-,41+,42+,43+/m1/s1. The van der Waals surface area contributed by atoms with Crippen molar-refractivity contribution in [1.29, 1.82) is 0 Å². The third-order valence-electron chi connectivity index (χ3n) is 12.6. The number of fused-ring (bicyclic) bond motifs is 1. The van der Waals surface area contributed by atoms with Crippen molar-refractivity contribution in [2.24, 2.45) is 23.2 Å². The number of nitrogens with zero attached hydrogens (tertiary/aromatic N) is 4. The lowest BCUT2D eigenvalue weighted by Crippen LogP contribution is -2.51. The van der Waals surface area contributed by atoms with Gasteiger partial charge in [-0.1, -0.05) is 95.5 Å². The molecule has 15 nitrogen and oxygen atoms in total. The van der Waals surface area contributed by atoms with E-state index >= 15 is 0 Å². The summed E-state index contributed by atoms with van der Waals surface area (Å²) in [7, 11) is 4.17. The van der Waals surface area contributed by atoms with Gasteiger partial charge in [0.2, 0.25) is 5.91 Å². The van der Waals surface area contributed by atoms with Crippen molar-refractivity contribution in [2.45, 2.75) is 72.0 Å². The van der Waals surface area contributed by atoms with Crippen molar-refractivity contribution < 1.29 is 33.4 Å². The van der Waals surface area contributed by atoms with Crippen molar-refractivity contribution in [3.05, 3.63) is 97.0 Å². The van der Waals surface area contributed by atoms with Crippen LogP contribution in [0.1, 0.15) is 71.6 Å². The van der Waals surface area contributed by atoms with Gasteiger partial charge in [-0.05, 0) is 82.0 Å². The number of likely N-dealkylation sites (tertiary alicyclic amines) is 1. The lowest BCUT2D eigenvalue weighted by atomic mass is 9.98. The van der Waals surface area contributed by atoms with E-state index in [0.717, 1.165) is 69.5 Å². The average molecular weight is 885 g/mol. The van der Waals surface area contributed by atoms with Crippen LogP contribution in [0.3, 0.4) is 0 Å². The smallest absolute Gasteiger partial charge is 0.407 e. The average Bonchev–Trinajstić information content (AvgIpc) is 3.62. The van der Waals surface area contributed by atoms with Crippen LogP contribution in [0.15, 0.2) is 85.4 Å². The quantitative estimate of drug-likeness (QED) is 0.0708. The Hall–Kier alpha value is -6.70. The second-order valence-corrected chi connectivity index (χ2v) is 18.1. The number of methoxy groups -OCH3 is 3. The number of hydrogen-bond acceptors (Lipinski definition) is 9. The van der Waals surface area contributed by atoms with E-state index < -0.39 is 24.3 Å². The maximum Gasteiger partial charge on any atom is 0.407 e. The highest BCUT2D eigenvalue weighted by Gasteiger charge is 2.55. The first-order valence-corrected chi connectivity index (χ1v) is 22.1. The van der Waals surface area contributed by atoms with Gasteiger partial charge in [0.1, 0.15) is 23.6 Å². The SMILES string of the molecule is C=C=C(c1ncc(-c2ccc(-c3ccc4cc(-c5cnc([C@@H]6CC7(CC7)CN6C(=O)[C@@H](NC(=O)OC)C(C)C)[nH]5)ccc4c3)cc2)[nH]1)N(C[C@@H](C)COC)C(=O)[C@@H](NC(=O)OC)C(C)C. The topological polar surface area (TPSA) is 184 Å². The van der Waals surface area contributed by atoms with Gasteiger partial charge in [0.25, 0.3) is 5.91 Å². The fourth-order valence-corrected chi connectivity index (χ4v) is 8.74. The van der Waals surface area contributed by atoms with Crippen LogP contribution in [0.4, 0.5) is 9.59 Å². The molecule has 3 heterocycles. The summed E-state index contributed by atoms with van der Waals surface area (Å²) in [6, 6.07) is 19.1. The Balaban J connectivity index is 1.07. The molecule has 7 rings (SSSR count). The normalized spacial score (nSPS) is 16.5. The third kappa shape index (κ3) is 10.2. The number of amides is 4. The number of carbonyl (C=O) groups is 4. The van der Waals surface area contributed by atoms with Crippen LogP contribution in [0, 0.1) is 23.2 Å². The predicted octanol–water partition coefficient (Wildman–Crippen LogP) is 8.34. The molecule has 5 aromatic rings. The summed E-state index contributed by atoms with van der Waals surface area (Å²) in [5.41, 5.74) is 8.98. The second kappa shape index (κ2) is 19.6. The number of alkyl carbamates (subject to hydrolysis) is 2. The first-order chi connectivity index (χ1) is 31.2. The molecule has 15 heteroatoms. The van der Waals surface area contributed by atoms with E-state index in [2.05, 4.69) is 86.4 Å². The van der Waals surface area contributed by atoms with Gasteiger partial charge in [-0.15, -0.1) is 0 Å². The first-order valence-electron chi connectivity index (χ1n) is 22.1. The number of nitrogens with one attached hydrogen (secondary N) is 4. The van der Waals surface area contributed by atoms with Gasteiger partial charge >= 0.3 is 12.2 Å². The number of benzene rings is 3. The summed E-state index contributed by atoms with van der Waals surface area (Å²) in [4.78, 5) is 72.1. The highest BCUT2D eigenvalue weighted by atomic mass is 16.5. The number of aromatic nitrogens is 4. The maximum atomic E-state index is 14.1. The Bertz CT molecular complexity index is 2590. The molecule has 4 atom stereocenters. The maximum absolute atomic E-state index is 14.1. The summed E-state index contributed by atoms with van der Waals surface area (Å²) in [6.45, 7) is 14.8. The van der Waals surface area contributed by atoms with Gasteiger partial charge in [0, 0.05) is 25.8 Å². The Morgan fingerprint density at radius 1 is 0.800 bits per heavy atom. The van der Waals surface area contributed by atoms with Crippen LogP contribution in [0.2, 0.25) is 0 Å². The minimum Gasteiger partial charge on any atom is -0.453 e. The summed E-state index contributed by atoms with van der Waals surface area (Å²) in [6.07, 6.45) is 5.22. The Labute approximate surface area is 380 Å². The Kier molecular flexibility index (Phi) is 13.9. The molecule has 1 aliphatic carbocycles. The predicted molar refractivity (Wildman–Crippen MR) is 249 cm³/mol. The fraction of sp³-hybridized carbons (Fsp3) is 0.420. The van der Waals surface area contributed by atoms with E-state index in [-0.39, 0.29) is 47.6 Å². The molecule has 1 saturated carbocycles. The summed E-state index contributed by atoms with van der Waals surface area (Å²) < 4.78 is 15.0. The van der Waals surface area contributed by atoms with E-state index in [1.165, 1.54) is 14.2 Å². The lowest BCUT2D eigenvalue weighted by Gasteiger charge is -2.31. The molecule has 1 saturated heterocycles. The molecule has 342 valence electrons. The molecular formula is C50H60N8O7. The lowest BCUT2D eigenvalue weighted by molar-refractivity contribution is -0.135. The first kappa shape index (κ1) is 46.3. The van der Waals surface area contributed by atoms with Crippen molar-refractivity contribution in [3.63, 3.8) is 0 Å². The van der Waals surface area contributed by atoms with Gasteiger partial charge < -0.3 is 44.6 Å². The molecule has 0 bridgehead atoms. The number of ether oxygens (including phenoxy) is 3. The summed E-state index contributed by atoms with van der Waals surface area (Å²) in [5.74, 6) is 0.295. The third-order valence-corrected chi connectivity index (χ3v) is 12.6. The molecule has 0 unspecified atom stereocenters. The Morgan fingerprint density at radius 3 is 1.97 bits per heavy atom. The highest BCUT2D eigenvalue weighted by molar-refractivity contribution is 5.93. The number of carbonyl (C=O) groups excluding carboxylic acids is 4. The molecule has 2 aromatic heterocycles. The summed E-state index contributed by atoms with van der Waals surface area (Å²) in [5, 5.41) is 7.58. The largest absolute Gasteiger partial charge is 0.453 e. The van der Waals surface area contributed by atoms with Crippen LogP contribution in [-0.2, 0) is 23.8 Å². The number of H-pyrrole nitrogens is 2. The van der Waals surface area contributed by atoms with Crippen LogP contribution in [-0.4, -0.2) is 107 Å². The number of hydrogen-bond donors (Lipinski definition) is 4. The van der Waals surface area contributed by atoms with Crippen LogP contribution in [0.25, 0.3) is 50.1 Å². The van der Waals surface area contributed by atoms with E-state index in [4.69, 9.17) is 19.2 Å². The van der Waals surface area contributed by atoms with Gasteiger partial charge in [-0.25, -0.2) is 19.6 Å². The van der Waals surface area contributed by atoms with Crippen molar-refractivity contribution in [1.82, 2.24) is 40.4 Å². The second-order valence-electron chi connectivity index (χ2n) is 18.1. The van der Waals surface area contributed by atoms with Crippen LogP contribution < -0.4 is 10.6 Å². The minimum absolute atomic E-state index is 0.0478. The van der Waals surface area contributed by atoms with E-state index in [1.54, 1.807) is 18.2 Å². The summed E-state index contributed by atoms with van der Waals surface area (Å²) >= 11 is 0. The molecular weight excluding hydrogens is 825 g/mol. The van der Waals surface area contributed by atoms with Gasteiger partial charge in [0.15, 0.2) is 5.82 Å². The molecule has 0 radical (unpaired) electrons. The molecule has 4 N–H and O–H groups in total. The molecule has 4 amide bonds. The number of aromatic amines is 2. The zero-order valence-electron chi connectivity index (χ0n) is 38.5. The van der Waals surface area contributed by atoms with E-state index in [1.807, 2.05) is 57.8 Å². The van der Waals surface area contributed by atoms with Gasteiger partial charge in [-0.2, -0.15) is 0 Å². The zero-order valence-corrected chi connectivity index (χ0v) is 38.5. The number of imidazole rings is 2. The van der Waals surface area contributed by atoms with Crippen LogP contribution >= 0.6 is 0 Å². The molecule has 3 aromatic carbocycles. The molecule has 2 fully saturated rings. The minimum atomic E-state index is -0.865. The van der Waals surface area contributed by atoms with Gasteiger partial charge in [0.05, 0.1) is 50.6 Å². The Morgan fingerprint density at radius 2 is 1.37 bits per heavy atom. The van der Waals surface area contributed by atoms with Crippen molar-refractivity contribution in [2.75, 3.05) is 41.0 Å². The molecule has 1 aliphatic heterocycles. The number of rotatable bonds is 16. The molecule has 65 heavy (non-hydrogen) atoms. The zero-order chi connectivity index (χ0) is 46.6. The highest BCUT2D eigenvalue weighted by Crippen LogP contribution is 2.58. The van der Waals surface area contributed by atoms with Crippen molar-refractivity contribution >= 4 is 40.5 Å². The van der Waals surface area contributed by atoms with E-state index in [0.29, 0.717) is 24.7 Å². The molecule has 2 aliphatic rings. The fourth-order valence-electron chi connectivity index (χ4n) is 8.74. The monoisotopic (exact) mass is 884 g/mol. The van der Waals surface area contributed by atoms with E-state index in [9.17, 15) is 19.2 Å². The van der Waals surface area contributed by atoms with Crippen molar-refractivity contribution in [3.8, 4) is 33.6 Å².